The zero-order valence-corrected chi connectivity index (χ0v) is 12.3. The Morgan fingerprint density at radius 1 is 1.38 bits per heavy atom. The zero-order chi connectivity index (χ0) is 14.6. The number of aromatic nitrogens is 1. The summed E-state index contributed by atoms with van der Waals surface area (Å²) in [5.74, 6) is 0.340. The molecule has 21 heavy (non-hydrogen) atoms. The lowest BCUT2D eigenvalue weighted by atomic mass is 9.79. The van der Waals surface area contributed by atoms with Crippen LogP contribution in [0.2, 0.25) is 0 Å². The fourth-order valence-electron chi connectivity index (χ4n) is 2.76. The average Bonchev–Trinajstić information content (AvgIpc) is 3.11. The number of rotatable bonds is 3. The molecular formula is C15H18BNO4. The summed E-state index contributed by atoms with van der Waals surface area (Å²) in [7, 11) is -0.372. The SMILES string of the molecule is CC1(C)COB(c2ccc3oc(=O)n(CC4CC4)c3c2)O1. The van der Waals surface area contributed by atoms with Crippen LogP contribution >= 0.6 is 0 Å². The predicted molar refractivity (Wildman–Crippen MR) is 79.7 cm³/mol. The summed E-state index contributed by atoms with van der Waals surface area (Å²) in [6, 6.07) is 5.68. The number of benzene rings is 1. The Morgan fingerprint density at radius 3 is 2.86 bits per heavy atom. The van der Waals surface area contributed by atoms with Crippen molar-refractivity contribution in [1.82, 2.24) is 4.57 Å². The summed E-state index contributed by atoms with van der Waals surface area (Å²) in [5.41, 5.74) is 2.12. The fourth-order valence-corrected chi connectivity index (χ4v) is 2.76. The summed E-state index contributed by atoms with van der Waals surface area (Å²) >= 11 is 0. The van der Waals surface area contributed by atoms with Crippen molar-refractivity contribution >= 4 is 23.7 Å². The molecule has 1 aliphatic heterocycles. The van der Waals surface area contributed by atoms with Gasteiger partial charge in [0.15, 0.2) is 5.58 Å². The second-order valence-corrected chi connectivity index (χ2v) is 6.67. The highest BCUT2D eigenvalue weighted by atomic mass is 16.7. The Balaban J connectivity index is 1.73. The molecule has 1 aromatic carbocycles. The van der Waals surface area contributed by atoms with Gasteiger partial charge in [-0.3, -0.25) is 4.57 Å². The Labute approximate surface area is 123 Å². The number of hydrogen-bond donors (Lipinski definition) is 0. The van der Waals surface area contributed by atoms with Gasteiger partial charge < -0.3 is 13.7 Å². The van der Waals surface area contributed by atoms with Gasteiger partial charge in [-0.05, 0) is 50.2 Å². The van der Waals surface area contributed by atoms with Crippen molar-refractivity contribution in [2.24, 2.45) is 5.92 Å². The summed E-state index contributed by atoms with van der Waals surface area (Å²) in [5, 5.41) is 0. The van der Waals surface area contributed by atoms with E-state index in [1.54, 1.807) is 4.57 Å². The van der Waals surface area contributed by atoms with Crippen LogP contribution in [0.1, 0.15) is 26.7 Å². The maximum Gasteiger partial charge on any atom is 0.494 e. The third-order valence-corrected chi connectivity index (χ3v) is 4.11. The molecule has 110 valence electrons. The topological polar surface area (TPSA) is 53.6 Å². The highest BCUT2D eigenvalue weighted by Crippen LogP contribution is 2.31. The minimum Gasteiger partial charge on any atom is -0.408 e. The molecule has 2 heterocycles. The average molecular weight is 287 g/mol. The van der Waals surface area contributed by atoms with Crippen molar-refractivity contribution in [1.29, 1.82) is 0 Å². The second-order valence-electron chi connectivity index (χ2n) is 6.67. The van der Waals surface area contributed by atoms with E-state index in [0.29, 0.717) is 18.1 Å². The first kappa shape index (κ1) is 13.2. The van der Waals surface area contributed by atoms with Gasteiger partial charge in [0.1, 0.15) is 0 Å². The van der Waals surface area contributed by atoms with Crippen LogP contribution in [0.3, 0.4) is 0 Å². The van der Waals surface area contributed by atoms with E-state index in [1.807, 2.05) is 32.0 Å². The summed E-state index contributed by atoms with van der Waals surface area (Å²) in [6.45, 7) is 5.32. The third-order valence-electron chi connectivity index (χ3n) is 4.11. The van der Waals surface area contributed by atoms with E-state index < -0.39 is 0 Å². The molecule has 1 aliphatic carbocycles. The van der Waals surface area contributed by atoms with Crippen LogP contribution < -0.4 is 11.2 Å². The van der Waals surface area contributed by atoms with E-state index in [0.717, 1.165) is 17.5 Å². The van der Waals surface area contributed by atoms with Crippen LogP contribution in [0.15, 0.2) is 27.4 Å². The van der Waals surface area contributed by atoms with E-state index in [9.17, 15) is 4.79 Å². The highest BCUT2D eigenvalue weighted by Gasteiger charge is 2.38. The maximum absolute atomic E-state index is 12.0. The minimum absolute atomic E-state index is 0.274. The van der Waals surface area contributed by atoms with Gasteiger partial charge in [-0.15, -0.1) is 0 Å². The van der Waals surface area contributed by atoms with Crippen molar-refractivity contribution in [2.45, 2.75) is 38.8 Å². The molecule has 1 saturated carbocycles. The highest BCUT2D eigenvalue weighted by molar-refractivity contribution is 6.62. The predicted octanol–water partition coefficient (Wildman–Crippen LogP) is 1.53. The monoisotopic (exact) mass is 287 g/mol. The van der Waals surface area contributed by atoms with Crippen LogP contribution in [-0.4, -0.2) is 23.9 Å². The smallest absolute Gasteiger partial charge is 0.408 e. The first-order chi connectivity index (χ1) is 10.0. The Kier molecular flexibility index (Phi) is 2.81. The molecule has 0 radical (unpaired) electrons. The lowest BCUT2D eigenvalue weighted by Crippen LogP contribution is -2.34. The van der Waals surface area contributed by atoms with Gasteiger partial charge in [0.2, 0.25) is 0 Å². The number of fused-ring (bicyclic) bond motifs is 1. The molecule has 0 bridgehead atoms. The molecule has 4 rings (SSSR count). The van der Waals surface area contributed by atoms with Crippen LogP contribution in [0, 0.1) is 5.92 Å². The Morgan fingerprint density at radius 2 is 2.19 bits per heavy atom. The Hall–Kier alpha value is -1.53. The van der Waals surface area contributed by atoms with E-state index in [-0.39, 0.29) is 18.5 Å². The van der Waals surface area contributed by atoms with E-state index in [1.165, 1.54) is 12.8 Å². The fraction of sp³-hybridized carbons (Fsp3) is 0.533. The molecule has 1 saturated heterocycles. The molecule has 2 aromatic rings. The number of hydrogen-bond acceptors (Lipinski definition) is 4. The van der Waals surface area contributed by atoms with Gasteiger partial charge in [-0.25, -0.2) is 4.79 Å². The lowest BCUT2D eigenvalue weighted by Gasteiger charge is -2.15. The first-order valence-corrected chi connectivity index (χ1v) is 7.45. The van der Waals surface area contributed by atoms with Crippen LogP contribution in [0.25, 0.3) is 11.1 Å². The molecule has 6 heteroatoms. The molecular weight excluding hydrogens is 269 g/mol. The summed E-state index contributed by atoms with van der Waals surface area (Å²) in [6.07, 6.45) is 2.39. The molecule has 0 N–H and O–H groups in total. The quantitative estimate of drug-likeness (QED) is 0.803. The zero-order valence-electron chi connectivity index (χ0n) is 12.3. The van der Waals surface area contributed by atoms with Gasteiger partial charge in [0, 0.05) is 6.54 Å². The Bertz CT molecular complexity index is 744. The molecule has 0 unspecified atom stereocenters. The summed E-state index contributed by atoms with van der Waals surface area (Å²) < 4.78 is 18.6. The molecule has 5 nitrogen and oxygen atoms in total. The maximum atomic E-state index is 12.0. The van der Waals surface area contributed by atoms with Crippen LogP contribution in [0.5, 0.6) is 0 Å². The van der Waals surface area contributed by atoms with Crippen LogP contribution in [-0.2, 0) is 15.9 Å². The van der Waals surface area contributed by atoms with Crippen molar-refractivity contribution in [3.05, 3.63) is 28.7 Å². The molecule has 0 spiro atoms. The van der Waals surface area contributed by atoms with Crippen molar-refractivity contribution in [2.75, 3.05) is 6.61 Å². The van der Waals surface area contributed by atoms with Crippen molar-refractivity contribution in [3.8, 4) is 0 Å². The van der Waals surface area contributed by atoms with Crippen LogP contribution in [0.4, 0.5) is 0 Å². The standard InChI is InChI=1S/C15H18BNO4/c1-15(2)9-19-16(21-15)11-5-6-13-12(7-11)17(14(18)20-13)8-10-3-4-10/h5-7,10H,3-4,8-9H2,1-2H3. The largest absolute Gasteiger partial charge is 0.494 e. The number of oxazole rings is 1. The van der Waals surface area contributed by atoms with Gasteiger partial charge in [0.25, 0.3) is 0 Å². The molecule has 0 amide bonds. The normalized spacial score (nSPS) is 21.3. The van der Waals surface area contributed by atoms with E-state index in [2.05, 4.69) is 0 Å². The van der Waals surface area contributed by atoms with Gasteiger partial charge in [0.05, 0.1) is 17.7 Å². The lowest BCUT2D eigenvalue weighted by molar-refractivity contribution is 0.137. The van der Waals surface area contributed by atoms with Gasteiger partial charge in [-0.2, -0.15) is 0 Å². The third kappa shape index (κ3) is 2.42. The van der Waals surface area contributed by atoms with E-state index in [4.69, 9.17) is 13.7 Å². The number of nitrogens with zero attached hydrogens (tertiary/aromatic N) is 1. The van der Waals surface area contributed by atoms with Crippen molar-refractivity contribution < 1.29 is 13.7 Å². The molecule has 2 aliphatic rings. The molecule has 1 aromatic heterocycles. The van der Waals surface area contributed by atoms with Crippen molar-refractivity contribution in [3.63, 3.8) is 0 Å². The second kappa shape index (κ2) is 4.48. The summed E-state index contributed by atoms with van der Waals surface area (Å²) in [4.78, 5) is 12.0. The van der Waals surface area contributed by atoms with Gasteiger partial charge in [-0.1, -0.05) is 6.07 Å². The van der Waals surface area contributed by atoms with Gasteiger partial charge >= 0.3 is 12.9 Å². The first-order valence-electron chi connectivity index (χ1n) is 7.45. The minimum atomic E-state index is -0.372. The molecule has 2 fully saturated rings. The molecule has 0 atom stereocenters. The van der Waals surface area contributed by atoms with E-state index >= 15 is 0 Å².